The second-order valence-electron chi connectivity index (χ2n) is 7.55. The second kappa shape index (κ2) is 10.0. The fourth-order valence-corrected chi connectivity index (χ4v) is 4.88. The Morgan fingerprint density at radius 3 is 2.68 bits per heavy atom. The fourth-order valence-electron chi connectivity index (χ4n) is 3.84. The quantitative estimate of drug-likeness (QED) is 0.257. The van der Waals surface area contributed by atoms with Crippen molar-refractivity contribution in [3.05, 3.63) is 92.5 Å². The molecule has 0 saturated carbocycles. The number of carbonyl (C=O) groups excluding carboxylic acids is 2. The summed E-state index contributed by atoms with van der Waals surface area (Å²) in [5, 5.41) is 14.0. The first kappa shape index (κ1) is 23.4. The minimum absolute atomic E-state index is 0.0319. The molecule has 2 aliphatic heterocycles. The van der Waals surface area contributed by atoms with Crippen molar-refractivity contribution in [2.75, 3.05) is 13.2 Å². The van der Waals surface area contributed by atoms with E-state index in [0.717, 1.165) is 16.0 Å². The lowest BCUT2D eigenvalue weighted by Gasteiger charge is -2.28. The van der Waals surface area contributed by atoms with Crippen LogP contribution in [0.1, 0.15) is 30.9 Å². The van der Waals surface area contributed by atoms with Gasteiger partial charge in [0.1, 0.15) is 12.4 Å². The third-order valence-electron chi connectivity index (χ3n) is 5.38. The van der Waals surface area contributed by atoms with Gasteiger partial charge >= 0.3 is 12.1 Å². The zero-order valence-corrected chi connectivity index (χ0v) is 19.3. The number of carbonyl (C=O) groups is 2. The van der Waals surface area contributed by atoms with Gasteiger partial charge in [-0.25, -0.2) is 9.59 Å². The number of hydrogen-bond acceptors (Lipinski definition) is 9. The Kier molecular flexibility index (Phi) is 6.87. The summed E-state index contributed by atoms with van der Waals surface area (Å²) in [6.45, 7) is 3.71. The summed E-state index contributed by atoms with van der Waals surface area (Å²) in [5.41, 5.74) is 3.34. The van der Waals surface area contributed by atoms with Gasteiger partial charge in [-0.2, -0.15) is 0 Å². The highest BCUT2D eigenvalue weighted by molar-refractivity contribution is 7.98. The molecule has 0 aromatic heterocycles. The Morgan fingerprint density at radius 1 is 1.24 bits per heavy atom. The molecule has 0 bridgehead atoms. The average molecular weight is 483 g/mol. The van der Waals surface area contributed by atoms with Crippen LogP contribution < -0.4 is 5.32 Å². The number of esters is 1. The summed E-state index contributed by atoms with van der Waals surface area (Å²) in [5.74, 6) is -0.302. The Morgan fingerprint density at radius 2 is 1.97 bits per heavy atom. The molecule has 2 heterocycles. The van der Waals surface area contributed by atoms with Crippen LogP contribution in [0, 0.1) is 10.1 Å². The van der Waals surface area contributed by atoms with E-state index in [1.54, 1.807) is 26.0 Å². The summed E-state index contributed by atoms with van der Waals surface area (Å²) in [6, 6.07) is 13.9. The lowest BCUT2D eigenvalue weighted by Crippen LogP contribution is -2.28. The molecule has 0 fully saturated rings. The number of allylic oxidation sites excluding steroid dienone is 2. The molecule has 2 aromatic carbocycles. The molecule has 0 saturated heterocycles. The molecule has 34 heavy (non-hydrogen) atoms. The maximum absolute atomic E-state index is 12.7. The Hall–Kier alpha value is -3.79. The molecule has 10 heteroatoms. The van der Waals surface area contributed by atoms with Crippen molar-refractivity contribution in [2.24, 2.45) is 0 Å². The zero-order chi connectivity index (χ0) is 24.2. The van der Waals surface area contributed by atoms with Gasteiger partial charge in [0.25, 0.3) is 5.69 Å². The van der Waals surface area contributed by atoms with E-state index in [4.69, 9.17) is 14.2 Å². The number of nitrogens with zero attached hydrogens (tertiary/aromatic N) is 1. The van der Waals surface area contributed by atoms with Gasteiger partial charge in [-0.3, -0.25) is 10.1 Å². The van der Waals surface area contributed by atoms with Gasteiger partial charge in [0.15, 0.2) is 0 Å². The largest absolute Gasteiger partial charge is 0.513 e. The van der Waals surface area contributed by atoms with Crippen molar-refractivity contribution < 1.29 is 28.7 Å². The van der Waals surface area contributed by atoms with E-state index in [1.165, 1.54) is 23.9 Å². The molecule has 1 unspecified atom stereocenters. The molecule has 2 aliphatic rings. The van der Waals surface area contributed by atoms with E-state index < -0.39 is 23.0 Å². The van der Waals surface area contributed by atoms with Crippen molar-refractivity contribution in [1.82, 2.24) is 5.32 Å². The molecule has 2 aromatic rings. The number of cyclic esters (lactones) is 1. The standard InChI is InChI=1S/C24H22N2O7S/c1-3-31-24(28)33-22-14(2)25-18-12-32-23(27)21(18)20(22)17-6-4-5-7-19(17)34-13-15-8-10-16(11-9-15)26(29)30/h4-11,20,25H,3,12-13H2,1-2H3. The Labute approximate surface area is 199 Å². The van der Waals surface area contributed by atoms with Crippen LogP contribution in [0.2, 0.25) is 0 Å². The predicted octanol–water partition coefficient (Wildman–Crippen LogP) is 4.79. The molecule has 1 atom stereocenters. The number of hydrogen-bond donors (Lipinski definition) is 1. The molecule has 0 aliphatic carbocycles. The first-order valence-electron chi connectivity index (χ1n) is 10.6. The van der Waals surface area contributed by atoms with Crippen LogP contribution in [-0.2, 0) is 24.8 Å². The lowest BCUT2D eigenvalue weighted by atomic mass is 9.85. The number of non-ortho nitro benzene ring substituents is 1. The van der Waals surface area contributed by atoms with Gasteiger partial charge in [0.05, 0.1) is 34.4 Å². The van der Waals surface area contributed by atoms with E-state index >= 15 is 0 Å². The van der Waals surface area contributed by atoms with E-state index in [1.807, 2.05) is 24.3 Å². The molecule has 4 rings (SSSR count). The van der Waals surface area contributed by atoms with Gasteiger partial charge in [-0.05, 0) is 31.0 Å². The highest BCUT2D eigenvalue weighted by atomic mass is 32.2. The second-order valence-corrected chi connectivity index (χ2v) is 8.57. The Bertz CT molecular complexity index is 1200. The fraction of sp³-hybridized carbons (Fsp3) is 0.250. The number of nitro groups is 1. The van der Waals surface area contributed by atoms with Gasteiger partial charge in [0.2, 0.25) is 0 Å². The number of ether oxygens (including phenoxy) is 3. The minimum atomic E-state index is -0.852. The topological polar surface area (TPSA) is 117 Å². The summed E-state index contributed by atoms with van der Waals surface area (Å²) in [4.78, 5) is 36.2. The SMILES string of the molecule is CCOC(=O)OC1=C(C)NC2=C(C(=O)OC2)C1c1ccccc1SCc1ccc([N+](=O)[O-])cc1. The van der Waals surface area contributed by atoms with E-state index in [2.05, 4.69) is 5.32 Å². The van der Waals surface area contributed by atoms with E-state index in [-0.39, 0.29) is 24.7 Å². The smallest absolute Gasteiger partial charge is 0.456 e. The monoisotopic (exact) mass is 482 g/mol. The van der Waals surface area contributed by atoms with Crippen LogP contribution in [-0.4, -0.2) is 30.3 Å². The number of benzene rings is 2. The van der Waals surface area contributed by atoms with Crippen molar-refractivity contribution in [3.8, 4) is 0 Å². The summed E-state index contributed by atoms with van der Waals surface area (Å²) in [6.07, 6.45) is -0.852. The molecule has 0 radical (unpaired) electrons. The molecule has 9 nitrogen and oxygen atoms in total. The van der Waals surface area contributed by atoms with Crippen LogP contribution in [0.3, 0.4) is 0 Å². The predicted molar refractivity (Wildman–Crippen MR) is 124 cm³/mol. The minimum Gasteiger partial charge on any atom is -0.456 e. The zero-order valence-electron chi connectivity index (χ0n) is 18.5. The molecule has 1 N–H and O–H groups in total. The summed E-state index contributed by atoms with van der Waals surface area (Å²) >= 11 is 1.52. The number of nitrogens with one attached hydrogen (secondary N) is 1. The van der Waals surface area contributed by atoms with Crippen molar-refractivity contribution in [2.45, 2.75) is 30.4 Å². The van der Waals surface area contributed by atoms with Crippen molar-refractivity contribution in [1.29, 1.82) is 0 Å². The van der Waals surface area contributed by atoms with Crippen molar-refractivity contribution in [3.63, 3.8) is 0 Å². The highest BCUT2D eigenvalue weighted by Gasteiger charge is 2.41. The maximum atomic E-state index is 12.7. The van der Waals surface area contributed by atoms with Gasteiger partial charge in [-0.15, -0.1) is 11.8 Å². The van der Waals surface area contributed by atoms with Crippen LogP contribution in [0.5, 0.6) is 0 Å². The van der Waals surface area contributed by atoms with Crippen LogP contribution in [0.4, 0.5) is 10.5 Å². The van der Waals surface area contributed by atoms with Crippen LogP contribution >= 0.6 is 11.8 Å². The third-order valence-corrected chi connectivity index (χ3v) is 6.54. The van der Waals surface area contributed by atoms with Crippen LogP contribution in [0.25, 0.3) is 0 Å². The Balaban J connectivity index is 1.67. The number of rotatable bonds is 7. The molecule has 176 valence electrons. The van der Waals surface area contributed by atoms with Gasteiger partial charge in [-0.1, -0.05) is 30.3 Å². The molecule has 0 amide bonds. The molecular formula is C24H22N2O7S. The van der Waals surface area contributed by atoms with E-state index in [0.29, 0.717) is 22.7 Å². The maximum Gasteiger partial charge on any atom is 0.513 e. The normalized spacial score (nSPS) is 17.1. The number of nitro benzene ring substituents is 1. The first-order chi connectivity index (χ1) is 16.4. The lowest BCUT2D eigenvalue weighted by molar-refractivity contribution is -0.384. The molecule has 0 spiro atoms. The summed E-state index contributed by atoms with van der Waals surface area (Å²) < 4.78 is 15.8. The van der Waals surface area contributed by atoms with Crippen LogP contribution in [0.15, 0.2) is 76.2 Å². The first-order valence-corrected chi connectivity index (χ1v) is 11.5. The van der Waals surface area contributed by atoms with Crippen molar-refractivity contribution >= 4 is 29.6 Å². The highest BCUT2D eigenvalue weighted by Crippen LogP contribution is 2.44. The van der Waals surface area contributed by atoms with Gasteiger partial charge < -0.3 is 19.5 Å². The molecular weight excluding hydrogens is 460 g/mol. The average Bonchev–Trinajstić information content (AvgIpc) is 3.18. The summed E-state index contributed by atoms with van der Waals surface area (Å²) in [7, 11) is 0. The number of dihydropyridines is 1. The third kappa shape index (κ3) is 4.76. The van der Waals surface area contributed by atoms with E-state index in [9.17, 15) is 19.7 Å². The van der Waals surface area contributed by atoms with Gasteiger partial charge in [0, 0.05) is 22.8 Å². The number of thioether (sulfide) groups is 1.